The molecule has 0 radical (unpaired) electrons. The maximum Gasteiger partial charge on any atom is 0.461 e. The van der Waals surface area contributed by atoms with E-state index in [-0.39, 0.29) is 0 Å². The number of halogens is 5. The summed E-state index contributed by atoms with van der Waals surface area (Å²) < 4.78 is 62.5. The summed E-state index contributed by atoms with van der Waals surface area (Å²) in [4.78, 5) is 11.4. The predicted octanol–water partition coefficient (Wildman–Crippen LogP) is 4.19. The van der Waals surface area contributed by atoms with Crippen LogP contribution in [0.5, 0.6) is 0 Å². The highest BCUT2D eigenvalue weighted by Gasteiger charge is 2.63. The van der Waals surface area contributed by atoms with E-state index in [1.54, 1.807) is 19.9 Å². The summed E-state index contributed by atoms with van der Waals surface area (Å²) in [6, 6.07) is 3.85. The number of carbonyl (C=O) groups excluding carboxylic acids is 1. The van der Waals surface area contributed by atoms with Crippen LogP contribution in [0.25, 0.3) is 0 Å². The molecule has 0 aromatic heterocycles. The Kier molecular flexibility index (Phi) is 4.32. The molecule has 1 rings (SSSR count). The molecule has 106 valence electrons. The summed E-state index contributed by atoms with van der Waals surface area (Å²) in [5, 5.41) is 0. The molecule has 0 spiro atoms. The Morgan fingerprint density at radius 3 is 1.68 bits per heavy atom. The molecule has 0 saturated carbocycles. The normalized spacial score (nSPS) is 12.6. The zero-order chi connectivity index (χ0) is 14.8. The summed E-state index contributed by atoms with van der Waals surface area (Å²) in [5.41, 5.74) is 0.514. The van der Waals surface area contributed by atoms with Gasteiger partial charge >= 0.3 is 12.1 Å². The van der Waals surface area contributed by atoms with Crippen molar-refractivity contribution in [1.29, 1.82) is 0 Å². The van der Waals surface area contributed by atoms with Crippen molar-refractivity contribution in [3.8, 4) is 0 Å². The molecular weight excluding hydrogens is 267 g/mol. The Balaban J connectivity index is 3.26. The quantitative estimate of drug-likeness (QED) is 0.597. The molecule has 0 bridgehead atoms. The summed E-state index contributed by atoms with van der Waals surface area (Å²) in [7, 11) is 0. The molecule has 0 unspecified atom stereocenters. The Bertz CT molecular complexity index is 454. The second kappa shape index (κ2) is 5.27. The number of rotatable bonds is 4. The van der Waals surface area contributed by atoms with Crippen LogP contribution in [0.4, 0.5) is 22.0 Å². The zero-order valence-electron chi connectivity index (χ0n) is 10.4. The monoisotopic (exact) mass is 280 g/mol. The zero-order valence-corrected chi connectivity index (χ0v) is 10.4. The molecule has 1 nitrogen and oxygen atoms in total. The van der Waals surface area contributed by atoms with E-state index in [0.717, 1.165) is 12.1 Å². The minimum Gasteiger partial charge on any atom is -0.287 e. The van der Waals surface area contributed by atoms with Crippen LogP contribution in [0.2, 0.25) is 0 Å². The lowest BCUT2D eigenvalue weighted by atomic mass is 9.97. The van der Waals surface area contributed by atoms with E-state index in [4.69, 9.17) is 0 Å². The molecule has 19 heavy (non-hydrogen) atoms. The van der Waals surface area contributed by atoms with Gasteiger partial charge in [0.15, 0.2) is 0 Å². The van der Waals surface area contributed by atoms with Gasteiger partial charge < -0.3 is 0 Å². The highest BCUT2D eigenvalue weighted by Crippen LogP contribution is 2.38. The first-order valence-corrected chi connectivity index (χ1v) is 5.75. The number of alkyl halides is 5. The van der Waals surface area contributed by atoms with E-state index >= 15 is 0 Å². The Morgan fingerprint density at radius 1 is 0.947 bits per heavy atom. The van der Waals surface area contributed by atoms with Crippen LogP contribution < -0.4 is 0 Å². The standard InChI is InChI=1S/C13H13F5O/c1-3-8-5-9(4-2)7-10(6-8)11(19)12(14,15)13(16,17)18/h5-7H,3-4H2,1-2H3. The maximum atomic E-state index is 13.0. The average molecular weight is 280 g/mol. The summed E-state index contributed by atoms with van der Waals surface area (Å²) in [5.74, 6) is -7.56. The molecule has 0 fully saturated rings. The smallest absolute Gasteiger partial charge is 0.287 e. The summed E-state index contributed by atoms with van der Waals surface area (Å²) in [6.07, 6.45) is -4.98. The fourth-order valence-corrected chi connectivity index (χ4v) is 1.61. The predicted molar refractivity (Wildman–Crippen MR) is 60.5 cm³/mol. The second-order valence-electron chi connectivity index (χ2n) is 4.15. The summed E-state index contributed by atoms with van der Waals surface area (Å²) >= 11 is 0. The van der Waals surface area contributed by atoms with E-state index in [1.807, 2.05) is 0 Å². The van der Waals surface area contributed by atoms with E-state index in [2.05, 4.69) is 0 Å². The molecule has 0 N–H and O–H groups in total. The largest absolute Gasteiger partial charge is 0.461 e. The van der Waals surface area contributed by atoms with Gasteiger partial charge in [-0.15, -0.1) is 0 Å². The fourth-order valence-electron chi connectivity index (χ4n) is 1.61. The van der Waals surface area contributed by atoms with Gasteiger partial charge in [0.1, 0.15) is 0 Å². The number of Topliss-reactive ketones (excluding diaryl/α,β-unsaturated/α-hetero) is 1. The maximum absolute atomic E-state index is 13.0. The molecule has 1 aromatic carbocycles. The first kappa shape index (κ1) is 15.6. The number of carbonyl (C=O) groups is 1. The van der Waals surface area contributed by atoms with Gasteiger partial charge in [0.2, 0.25) is 5.78 Å². The average Bonchev–Trinajstić information content (AvgIpc) is 2.35. The first-order chi connectivity index (χ1) is 8.63. The number of hydrogen-bond acceptors (Lipinski definition) is 1. The fraction of sp³-hybridized carbons (Fsp3) is 0.462. The van der Waals surface area contributed by atoms with E-state index in [1.165, 1.54) is 0 Å². The molecule has 0 amide bonds. The molecule has 6 heteroatoms. The van der Waals surface area contributed by atoms with Crippen molar-refractivity contribution < 1.29 is 26.7 Å². The molecule has 0 atom stereocenters. The van der Waals surface area contributed by atoms with Crippen LogP contribution in [0, 0.1) is 0 Å². The lowest BCUT2D eigenvalue weighted by molar-refractivity contribution is -0.255. The van der Waals surface area contributed by atoms with Crippen LogP contribution in [-0.4, -0.2) is 17.9 Å². The van der Waals surface area contributed by atoms with Crippen LogP contribution >= 0.6 is 0 Å². The Labute approximate surface area is 107 Å². The van der Waals surface area contributed by atoms with E-state index < -0.39 is 23.4 Å². The highest BCUT2D eigenvalue weighted by molar-refractivity contribution is 6.02. The second-order valence-corrected chi connectivity index (χ2v) is 4.15. The third-order valence-corrected chi connectivity index (χ3v) is 2.77. The van der Waals surface area contributed by atoms with Crippen molar-refractivity contribution in [3.05, 3.63) is 34.9 Å². The van der Waals surface area contributed by atoms with Crippen molar-refractivity contribution >= 4 is 5.78 Å². The van der Waals surface area contributed by atoms with Crippen molar-refractivity contribution in [2.24, 2.45) is 0 Å². The van der Waals surface area contributed by atoms with Gasteiger partial charge in [-0.25, -0.2) is 0 Å². The van der Waals surface area contributed by atoms with E-state index in [9.17, 15) is 26.7 Å². The lowest BCUT2D eigenvalue weighted by Crippen LogP contribution is -2.44. The van der Waals surface area contributed by atoms with Gasteiger partial charge in [-0.05, 0) is 36.1 Å². The number of ketones is 1. The van der Waals surface area contributed by atoms with Crippen LogP contribution in [0.3, 0.4) is 0 Å². The van der Waals surface area contributed by atoms with Crippen LogP contribution in [0.1, 0.15) is 35.3 Å². The Hall–Kier alpha value is -1.46. The minimum atomic E-state index is -5.88. The molecular formula is C13H13F5O. The highest BCUT2D eigenvalue weighted by atomic mass is 19.4. The number of benzene rings is 1. The van der Waals surface area contributed by atoms with Crippen molar-refractivity contribution in [3.63, 3.8) is 0 Å². The number of aryl methyl sites for hydroxylation is 2. The van der Waals surface area contributed by atoms with Crippen molar-refractivity contribution in [2.45, 2.75) is 38.8 Å². The van der Waals surface area contributed by atoms with Crippen LogP contribution in [-0.2, 0) is 12.8 Å². The molecule has 0 aliphatic rings. The molecule has 0 aliphatic heterocycles. The molecule has 0 aliphatic carbocycles. The van der Waals surface area contributed by atoms with Crippen molar-refractivity contribution in [2.75, 3.05) is 0 Å². The van der Waals surface area contributed by atoms with Crippen LogP contribution in [0.15, 0.2) is 18.2 Å². The van der Waals surface area contributed by atoms with Crippen molar-refractivity contribution in [1.82, 2.24) is 0 Å². The van der Waals surface area contributed by atoms with Gasteiger partial charge in [-0.2, -0.15) is 22.0 Å². The molecule has 0 saturated heterocycles. The minimum absolute atomic E-state index is 0.450. The van der Waals surface area contributed by atoms with Gasteiger partial charge in [0, 0.05) is 5.56 Å². The molecule has 0 heterocycles. The lowest BCUT2D eigenvalue weighted by Gasteiger charge is -2.18. The van der Waals surface area contributed by atoms with Gasteiger partial charge in [-0.1, -0.05) is 19.9 Å². The summed E-state index contributed by atoms with van der Waals surface area (Å²) in [6.45, 7) is 3.45. The third kappa shape index (κ3) is 3.11. The van der Waals surface area contributed by atoms with E-state index in [0.29, 0.717) is 24.0 Å². The SMILES string of the molecule is CCc1cc(CC)cc(C(=O)C(F)(F)C(F)(F)F)c1. The van der Waals surface area contributed by atoms with Gasteiger partial charge in [-0.3, -0.25) is 4.79 Å². The first-order valence-electron chi connectivity index (χ1n) is 5.75. The molecule has 1 aromatic rings. The third-order valence-electron chi connectivity index (χ3n) is 2.77. The van der Waals surface area contributed by atoms with Gasteiger partial charge in [0.25, 0.3) is 0 Å². The Morgan fingerprint density at radius 2 is 1.37 bits per heavy atom. The topological polar surface area (TPSA) is 17.1 Å². The number of hydrogen-bond donors (Lipinski definition) is 0. The van der Waals surface area contributed by atoms with Gasteiger partial charge in [0.05, 0.1) is 0 Å².